The lowest BCUT2D eigenvalue weighted by atomic mass is 9.87. The minimum absolute atomic E-state index is 0.143. The van der Waals surface area contributed by atoms with Gasteiger partial charge >= 0.3 is 12.4 Å². The van der Waals surface area contributed by atoms with Crippen molar-refractivity contribution in [1.29, 1.82) is 0 Å². The lowest BCUT2D eigenvalue weighted by Crippen LogP contribution is -2.40. The molecule has 5 atom stereocenters. The monoisotopic (exact) mass is 493 g/mol. The summed E-state index contributed by atoms with van der Waals surface area (Å²) in [7, 11) is 1.56. The smallest absolute Gasteiger partial charge is 0.351 e. The first kappa shape index (κ1) is 27.3. The van der Waals surface area contributed by atoms with Crippen molar-refractivity contribution >= 4 is 24.3 Å². The van der Waals surface area contributed by atoms with Crippen molar-refractivity contribution in [3.05, 3.63) is 22.2 Å². The number of rotatable bonds is 10. The van der Waals surface area contributed by atoms with Gasteiger partial charge in [0.15, 0.2) is 6.23 Å². The lowest BCUT2D eigenvalue weighted by Gasteiger charge is -2.30. The first-order valence-electron chi connectivity index (χ1n) is 10.5. The second kappa shape index (κ2) is 11.0. The Morgan fingerprint density at radius 3 is 2.56 bits per heavy atom. The van der Waals surface area contributed by atoms with Gasteiger partial charge in [-0.1, -0.05) is 20.8 Å². The molecule has 184 valence electrons. The van der Waals surface area contributed by atoms with Crippen molar-refractivity contribution < 1.29 is 28.2 Å². The van der Waals surface area contributed by atoms with Gasteiger partial charge in [-0.15, -0.1) is 0 Å². The van der Waals surface area contributed by atoms with Crippen molar-refractivity contribution in [2.45, 2.75) is 78.6 Å². The predicted molar refractivity (Wildman–Crippen MR) is 125 cm³/mol. The van der Waals surface area contributed by atoms with E-state index in [1.807, 2.05) is 0 Å². The van der Waals surface area contributed by atoms with Crippen LogP contribution < -0.4 is 11.4 Å². The fourth-order valence-electron chi connectivity index (χ4n) is 3.48. The largest absolute Gasteiger partial charge is 0.383 e. The molecule has 0 amide bonds. The van der Waals surface area contributed by atoms with Gasteiger partial charge in [0.2, 0.25) is 0 Å². The molecule has 2 rings (SSSR count). The van der Waals surface area contributed by atoms with Crippen molar-refractivity contribution in [3.8, 4) is 0 Å². The number of aromatic nitrogens is 2. The van der Waals surface area contributed by atoms with Crippen molar-refractivity contribution in [3.63, 3.8) is 0 Å². The molecule has 1 fully saturated rings. The molecule has 12 heteroatoms. The van der Waals surface area contributed by atoms with Crippen LogP contribution in [-0.2, 0) is 35.1 Å². The van der Waals surface area contributed by atoms with E-state index in [-0.39, 0.29) is 23.9 Å². The lowest BCUT2D eigenvalue weighted by molar-refractivity contribution is -0.0804. The second-order valence-electron chi connectivity index (χ2n) is 9.35. The number of hydrogen-bond donors (Lipinski definition) is 2. The minimum Gasteiger partial charge on any atom is -0.383 e. The maximum Gasteiger partial charge on any atom is 0.351 e. The van der Waals surface area contributed by atoms with Crippen LogP contribution in [-0.4, -0.2) is 59.2 Å². The summed E-state index contributed by atoms with van der Waals surface area (Å²) in [5.74, 6) is 0.149. The van der Waals surface area contributed by atoms with Gasteiger partial charge < -0.3 is 29.4 Å². The maximum atomic E-state index is 12.7. The molecule has 1 aromatic rings. The average molecular weight is 494 g/mol. The van der Waals surface area contributed by atoms with Crippen LogP contribution in [0.3, 0.4) is 0 Å². The summed E-state index contributed by atoms with van der Waals surface area (Å²) < 4.78 is 30.2. The molecule has 2 unspecified atom stereocenters. The number of ether oxygens (including phenoxy) is 3. The molecule has 0 aromatic carbocycles. The summed E-state index contributed by atoms with van der Waals surface area (Å²) in [5, 5.41) is 0. The van der Waals surface area contributed by atoms with Crippen LogP contribution in [0.5, 0.6) is 0 Å². The first-order valence-corrected chi connectivity index (χ1v) is 13.1. The summed E-state index contributed by atoms with van der Waals surface area (Å²) in [6.45, 7) is 8.38. The zero-order valence-corrected chi connectivity index (χ0v) is 21.5. The molecule has 10 nitrogen and oxygen atoms in total. The van der Waals surface area contributed by atoms with Crippen molar-refractivity contribution in [2.24, 2.45) is 5.41 Å². The summed E-state index contributed by atoms with van der Waals surface area (Å²) in [5.41, 5.74) is 5.70. The standard InChI is InChI=1S/C20H36N3O7PS/c1-12(2)29-31(25,32)30-15-14(10-20(4,5)6)28-18(16(15)27-9-8-26-7)23-11-13(3)17(21)22-19(23)24/h11-12,14-16,18H,8-10H2,1-7H3,(H,25,32)(H2,21,22,24)/t14-,15?,16+,18-,31?/m1/s1. The Morgan fingerprint density at radius 2 is 2.00 bits per heavy atom. The first-order chi connectivity index (χ1) is 14.7. The molecule has 2 heterocycles. The van der Waals surface area contributed by atoms with E-state index in [0.717, 1.165) is 0 Å². The van der Waals surface area contributed by atoms with E-state index in [4.69, 9.17) is 40.8 Å². The van der Waals surface area contributed by atoms with Gasteiger partial charge in [-0.2, -0.15) is 4.98 Å². The van der Waals surface area contributed by atoms with Gasteiger partial charge in [0.05, 0.1) is 25.4 Å². The zero-order valence-electron chi connectivity index (χ0n) is 19.8. The highest BCUT2D eigenvalue weighted by atomic mass is 32.5. The zero-order chi connectivity index (χ0) is 24.3. The van der Waals surface area contributed by atoms with Crippen LogP contribution in [0.2, 0.25) is 0 Å². The summed E-state index contributed by atoms with van der Waals surface area (Å²) in [4.78, 5) is 27.2. The van der Waals surface area contributed by atoms with Gasteiger partial charge in [0, 0.05) is 18.9 Å². The molecule has 32 heavy (non-hydrogen) atoms. The molecule has 0 bridgehead atoms. The molecule has 3 N–H and O–H groups in total. The molecule has 0 spiro atoms. The van der Waals surface area contributed by atoms with E-state index in [9.17, 15) is 9.69 Å². The van der Waals surface area contributed by atoms with Crippen LogP contribution in [0.25, 0.3) is 0 Å². The van der Waals surface area contributed by atoms with E-state index in [0.29, 0.717) is 18.6 Å². The number of nitrogen functional groups attached to an aromatic ring is 1. The topological polar surface area (TPSA) is 127 Å². The highest BCUT2D eigenvalue weighted by Gasteiger charge is 2.50. The Kier molecular flexibility index (Phi) is 9.41. The quantitative estimate of drug-likeness (QED) is 0.371. The molecule has 0 radical (unpaired) electrons. The minimum atomic E-state index is -3.61. The van der Waals surface area contributed by atoms with E-state index in [1.165, 1.54) is 4.57 Å². The number of aryl methyl sites for hydroxylation is 1. The molecule has 0 aliphatic carbocycles. The molecule has 1 saturated heterocycles. The Hall–Kier alpha value is -0.910. The van der Waals surface area contributed by atoms with Gasteiger partial charge in [0.1, 0.15) is 18.0 Å². The Labute approximate surface area is 194 Å². The van der Waals surface area contributed by atoms with Crippen molar-refractivity contribution in [2.75, 3.05) is 26.1 Å². The molecular formula is C20H36N3O7PS. The number of hydrogen-bond acceptors (Lipinski definition) is 9. The van der Waals surface area contributed by atoms with Crippen LogP contribution in [0, 0.1) is 12.3 Å². The van der Waals surface area contributed by atoms with Crippen LogP contribution in [0.4, 0.5) is 5.82 Å². The van der Waals surface area contributed by atoms with E-state index < -0.39 is 36.9 Å². The molecule has 1 aliphatic rings. The molecule has 1 aromatic heterocycles. The van der Waals surface area contributed by atoms with Crippen LogP contribution >= 0.6 is 6.72 Å². The van der Waals surface area contributed by atoms with Gasteiger partial charge in [0.25, 0.3) is 0 Å². The number of nitrogens with zero attached hydrogens (tertiary/aromatic N) is 2. The third-order valence-corrected chi connectivity index (χ3v) is 6.46. The predicted octanol–water partition coefficient (Wildman–Crippen LogP) is 2.53. The Bertz CT molecular complexity index is 874. The number of nitrogens with two attached hydrogens (primary N) is 1. The van der Waals surface area contributed by atoms with E-state index >= 15 is 0 Å². The highest BCUT2D eigenvalue weighted by molar-refractivity contribution is 8.07. The third-order valence-electron chi connectivity index (χ3n) is 4.74. The van der Waals surface area contributed by atoms with Crippen LogP contribution in [0.15, 0.2) is 11.0 Å². The highest BCUT2D eigenvalue weighted by Crippen LogP contribution is 2.51. The third kappa shape index (κ3) is 7.56. The maximum absolute atomic E-state index is 12.7. The van der Waals surface area contributed by atoms with Gasteiger partial charge in [-0.25, -0.2) is 4.79 Å². The summed E-state index contributed by atoms with van der Waals surface area (Å²) >= 11 is 5.25. The average Bonchev–Trinajstić information content (AvgIpc) is 2.92. The number of methoxy groups -OCH3 is 1. The van der Waals surface area contributed by atoms with Crippen molar-refractivity contribution in [1.82, 2.24) is 9.55 Å². The molecular weight excluding hydrogens is 457 g/mol. The van der Waals surface area contributed by atoms with E-state index in [1.54, 1.807) is 34.1 Å². The summed E-state index contributed by atoms with van der Waals surface area (Å²) in [6, 6.07) is 0. The fraction of sp³-hybridized carbons (Fsp3) is 0.800. The van der Waals surface area contributed by atoms with E-state index in [2.05, 4.69) is 25.8 Å². The molecule has 0 saturated carbocycles. The second-order valence-corrected chi connectivity index (χ2v) is 12.1. The van der Waals surface area contributed by atoms with Gasteiger partial charge in [-0.05, 0) is 44.4 Å². The fourth-order valence-corrected chi connectivity index (χ4v) is 5.44. The Balaban J connectivity index is 2.49. The molecule has 1 aliphatic heterocycles. The van der Waals surface area contributed by atoms with Crippen LogP contribution in [0.1, 0.15) is 52.8 Å². The SMILES string of the molecule is COCCO[C@H]1C(OP(O)(=S)OC(C)C)[C@@H](CC(C)(C)C)O[C@H]1n1cc(C)c(N)nc1=O. The normalized spacial score (nSPS) is 25.9. The Morgan fingerprint density at radius 1 is 1.34 bits per heavy atom. The number of anilines is 1. The summed E-state index contributed by atoms with van der Waals surface area (Å²) in [6.07, 6.45) is -1.13. The van der Waals surface area contributed by atoms with Gasteiger partial charge in [-0.3, -0.25) is 9.09 Å².